The van der Waals surface area contributed by atoms with Crippen LogP contribution in [0.15, 0.2) is 66.7 Å². The quantitative estimate of drug-likeness (QED) is 0.220. The molecule has 0 saturated carbocycles. The zero-order valence-corrected chi connectivity index (χ0v) is 25.9. The molecule has 9 nitrogen and oxygen atoms in total. The minimum absolute atomic E-state index is 0.0130. The molecule has 0 fully saturated rings. The van der Waals surface area contributed by atoms with Crippen molar-refractivity contribution in [2.75, 3.05) is 6.54 Å². The number of carbonyl (C=O) groups is 2. The van der Waals surface area contributed by atoms with E-state index in [0.29, 0.717) is 13.0 Å². The number of rotatable bonds is 13. The molecule has 0 radical (unpaired) electrons. The molecule has 228 valence electrons. The number of carbonyl (C=O) groups excluding carboxylic acids is 2. The maximum atomic E-state index is 13.7. The van der Waals surface area contributed by atoms with Crippen molar-refractivity contribution >= 4 is 22.9 Å². The van der Waals surface area contributed by atoms with Gasteiger partial charge < -0.3 is 15.2 Å². The number of benzene rings is 2. The van der Waals surface area contributed by atoms with Crippen LogP contribution in [0.2, 0.25) is 0 Å². The first kappa shape index (κ1) is 33.0. The van der Waals surface area contributed by atoms with E-state index in [1.807, 2.05) is 94.4 Å². The second-order valence-corrected chi connectivity index (χ2v) is 12.3. The zero-order chi connectivity index (χ0) is 30.9. The molecule has 3 rings (SSSR count). The van der Waals surface area contributed by atoms with Crippen LogP contribution >= 0.6 is 0 Å². The summed E-state index contributed by atoms with van der Waals surface area (Å²) in [5.74, 6) is -0.219. The topological polar surface area (TPSA) is 116 Å². The Hall–Kier alpha value is -3.53. The van der Waals surface area contributed by atoms with Crippen LogP contribution in [0.3, 0.4) is 0 Å². The van der Waals surface area contributed by atoms with Crippen molar-refractivity contribution in [3.05, 3.63) is 78.0 Å². The van der Waals surface area contributed by atoms with E-state index in [-0.39, 0.29) is 24.4 Å². The summed E-state index contributed by atoms with van der Waals surface area (Å²) < 4.78 is 5.41. The molecular formula is C33H47N5O4. The third-order valence-electron chi connectivity index (χ3n) is 6.84. The molecule has 2 amide bonds. The molecule has 3 atom stereocenters. The Bertz CT molecular complexity index is 1290. The maximum Gasteiger partial charge on any atom is 0.422 e. The van der Waals surface area contributed by atoms with Gasteiger partial charge in [-0.05, 0) is 64.7 Å². The molecule has 1 heterocycles. The van der Waals surface area contributed by atoms with Gasteiger partial charge in [0.15, 0.2) is 0 Å². The van der Waals surface area contributed by atoms with Gasteiger partial charge in [-0.2, -0.15) is 0 Å². The number of hydrogen-bond acceptors (Lipinski definition) is 7. The molecule has 9 heteroatoms. The van der Waals surface area contributed by atoms with Gasteiger partial charge in [-0.1, -0.05) is 68.4 Å². The lowest BCUT2D eigenvalue weighted by atomic mass is 9.98. The first-order valence-electron chi connectivity index (χ1n) is 14.7. The molecule has 0 aliphatic heterocycles. The number of pyridine rings is 1. The lowest BCUT2D eigenvalue weighted by Crippen LogP contribution is -2.58. The monoisotopic (exact) mass is 577 g/mol. The summed E-state index contributed by atoms with van der Waals surface area (Å²) in [6.07, 6.45) is -1.16. The highest BCUT2D eigenvalue weighted by Gasteiger charge is 2.30. The molecule has 0 spiro atoms. The predicted octanol–water partition coefficient (Wildman–Crippen LogP) is 4.59. The molecule has 0 bridgehead atoms. The van der Waals surface area contributed by atoms with Crippen LogP contribution in [-0.4, -0.2) is 63.5 Å². The Morgan fingerprint density at radius 2 is 1.62 bits per heavy atom. The van der Waals surface area contributed by atoms with Gasteiger partial charge in [0.2, 0.25) is 5.91 Å². The van der Waals surface area contributed by atoms with Gasteiger partial charge in [0.25, 0.3) is 0 Å². The van der Waals surface area contributed by atoms with E-state index in [1.54, 1.807) is 25.8 Å². The zero-order valence-electron chi connectivity index (χ0n) is 25.9. The van der Waals surface area contributed by atoms with E-state index in [0.717, 1.165) is 22.2 Å². The fourth-order valence-electron chi connectivity index (χ4n) is 4.61. The van der Waals surface area contributed by atoms with E-state index >= 15 is 0 Å². The van der Waals surface area contributed by atoms with Gasteiger partial charge in [0, 0.05) is 24.5 Å². The van der Waals surface area contributed by atoms with E-state index in [9.17, 15) is 14.7 Å². The summed E-state index contributed by atoms with van der Waals surface area (Å²) in [6.45, 7) is 13.7. The van der Waals surface area contributed by atoms with E-state index in [4.69, 9.17) is 9.72 Å². The van der Waals surface area contributed by atoms with Gasteiger partial charge >= 0.3 is 6.09 Å². The van der Waals surface area contributed by atoms with Crippen LogP contribution < -0.4 is 16.1 Å². The van der Waals surface area contributed by atoms with Crippen LogP contribution in [0.5, 0.6) is 0 Å². The second-order valence-electron chi connectivity index (χ2n) is 12.3. The Kier molecular flexibility index (Phi) is 11.8. The van der Waals surface area contributed by atoms with E-state index in [2.05, 4.69) is 16.1 Å². The number of para-hydroxylation sites is 1. The number of hydrogen-bond donors (Lipinski definition) is 4. The number of aliphatic hydroxyl groups is 1. The van der Waals surface area contributed by atoms with E-state index < -0.39 is 29.9 Å². The summed E-state index contributed by atoms with van der Waals surface area (Å²) in [4.78, 5) is 30.9. The molecule has 0 aliphatic rings. The van der Waals surface area contributed by atoms with Crippen LogP contribution in [0.4, 0.5) is 4.79 Å². The van der Waals surface area contributed by atoms with Gasteiger partial charge in [-0.3, -0.25) is 20.5 Å². The van der Waals surface area contributed by atoms with Crippen LogP contribution in [-0.2, 0) is 22.5 Å². The number of hydrazine groups is 1. The minimum Gasteiger partial charge on any atom is -0.443 e. The Morgan fingerprint density at radius 3 is 2.26 bits per heavy atom. The SMILES string of the molecule is CC(C)[C@H](NCc1ccc2ccccc2n1)C(=O)N[C@@H](Cc1ccccc1)[C@H](O)CN(NC(=O)OC(C)(C)C)C(C)C. The summed E-state index contributed by atoms with van der Waals surface area (Å²) in [5, 5.41) is 20.6. The molecule has 4 N–H and O–H groups in total. The number of nitrogens with zero attached hydrogens (tertiary/aromatic N) is 2. The lowest BCUT2D eigenvalue weighted by molar-refractivity contribution is -0.126. The smallest absolute Gasteiger partial charge is 0.422 e. The van der Waals surface area contributed by atoms with Crippen molar-refractivity contribution in [1.29, 1.82) is 0 Å². The van der Waals surface area contributed by atoms with Crippen molar-refractivity contribution in [3.8, 4) is 0 Å². The highest BCUT2D eigenvalue weighted by Crippen LogP contribution is 2.14. The summed E-state index contributed by atoms with van der Waals surface area (Å²) in [6, 6.07) is 20.4. The minimum atomic E-state index is -0.985. The van der Waals surface area contributed by atoms with Crippen molar-refractivity contribution in [3.63, 3.8) is 0 Å². The van der Waals surface area contributed by atoms with Crippen LogP contribution in [0, 0.1) is 5.92 Å². The Labute approximate surface area is 250 Å². The number of amides is 2. The maximum absolute atomic E-state index is 13.7. The Balaban J connectivity index is 1.74. The summed E-state index contributed by atoms with van der Waals surface area (Å²) in [7, 11) is 0. The molecule has 42 heavy (non-hydrogen) atoms. The summed E-state index contributed by atoms with van der Waals surface area (Å²) >= 11 is 0. The normalized spacial score (nSPS) is 14.2. The highest BCUT2D eigenvalue weighted by molar-refractivity contribution is 5.82. The molecule has 3 aromatic rings. The van der Waals surface area contributed by atoms with E-state index in [1.165, 1.54) is 0 Å². The fourth-order valence-corrected chi connectivity index (χ4v) is 4.61. The average Bonchev–Trinajstić information content (AvgIpc) is 2.91. The fraction of sp³-hybridized carbons (Fsp3) is 0.485. The average molecular weight is 578 g/mol. The molecule has 0 aliphatic carbocycles. The molecule has 1 aromatic heterocycles. The van der Waals surface area contributed by atoms with Gasteiger partial charge in [-0.25, -0.2) is 9.80 Å². The lowest BCUT2D eigenvalue weighted by Gasteiger charge is -2.34. The third-order valence-corrected chi connectivity index (χ3v) is 6.84. The number of nitrogens with one attached hydrogen (secondary N) is 3. The third kappa shape index (κ3) is 10.4. The summed E-state index contributed by atoms with van der Waals surface area (Å²) in [5.41, 5.74) is 4.82. The largest absolute Gasteiger partial charge is 0.443 e. The number of aromatic nitrogens is 1. The number of aliphatic hydroxyl groups excluding tert-OH is 1. The van der Waals surface area contributed by atoms with Gasteiger partial charge in [0.05, 0.1) is 29.4 Å². The molecule has 0 unspecified atom stereocenters. The number of fused-ring (bicyclic) bond motifs is 1. The van der Waals surface area contributed by atoms with Crippen LogP contribution in [0.25, 0.3) is 10.9 Å². The Morgan fingerprint density at radius 1 is 0.952 bits per heavy atom. The number of ether oxygens (including phenoxy) is 1. The van der Waals surface area contributed by atoms with Crippen LogP contribution in [0.1, 0.15) is 59.7 Å². The molecule has 2 aromatic carbocycles. The molecule has 0 saturated heterocycles. The van der Waals surface area contributed by atoms with Crippen molar-refractivity contribution < 1.29 is 19.4 Å². The molecular weight excluding hydrogens is 530 g/mol. The van der Waals surface area contributed by atoms with Crippen molar-refractivity contribution in [2.45, 2.75) is 91.3 Å². The van der Waals surface area contributed by atoms with Crippen molar-refractivity contribution in [2.24, 2.45) is 5.92 Å². The first-order valence-corrected chi connectivity index (χ1v) is 14.7. The standard InChI is InChI=1S/C33H47N5O4/c1-22(2)30(34-20-26-18-17-25-15-11-12-16-27(25)35-26)31(40)36-28(19-24-13-9-8-10-14-24)29(39)21-38(23(3)4)37-32(41)42-33(5,6)7/h8-18,22-23,28-30,34,39H,19-21H2,1-7H3,(H,36,40)(H,37,41)/t28-,29+,30-/m0/s1. The second kappa shape index (κ2) is 15.1. The highest BCUT2D eigenvalue weighted by atomic mass is 16.6. The van der Waals surface area contributed by atoms with Crippen molar-refractivity contribution in [1.82, 2.24) is 26.1 Å². The van der Waals surface area contributed by atoms with Gasteiger partial charge in [0.1, 0.15) is 5.60 Å². The first-order chi connectivity index (χ1) is 19.8. The predicted molar refractivity (Wildman–Crippen MR) is 167 cm³/mol. The van der Waals surface area contributed by atoms with Gasteiger partial charge in [-0.15, -0.1) is 0 Å².